The van der Waals surface area contributed by atoms with Gasteiger partial charge >= 0.3 is 6.09 Å². The Labute approximate surface area is 243 Å². The maximum Gasteiger partial charge on any atom is 0.410 e. The number of piperidine rings is 2. The first-order chi connectivity index (χ1) is 19.3. The summed E-state index contributed by atoms with van der Waals surface area (Å²) >= 11 is 6.08. The van der Waals surface area contributed by atoms with Crippen LogP contribution in [0.25, 0.3) is 0 Å². The molecule has 6 atom stereocenters. The third-order valence-corrected chi connectivity index (χ3v) is 12.8. The Hall–Kier alpha value is -1.39. The Morgan fingerprint density at radius 1 is 0.975 bits per heavy atom. The van der Waals surface area contributed by atoms with Crippen LogP contribution in [0, 0.1) is 11.8 Å². The van der Waals surface area contributed by atoms with Gasteiger partial charge in [-0.2, -0.15) is 4.31 Å². The van der Waals surface area contributed by atoms with Crippen LogP contribution in [0.4, 0.5) is 4.79 Å². The smallest absolute Gasteiger partial charge is 0.410 e. The molecule has 0 spiro atoms. The van der Waals surface area contributed by atoms with Gasteiger partial charge in [0, 0.05) is 23.1 Å². The number of carbonyl (C=O) groups is 1. The molecule has 4 saturated heterocycles. The van der Waals surface area contributed by atoms with Crippen molar-refractivity contribution in [1.82, 2.24) is 14.1 Å². The number of benzene rings is 1. The quantitative estimate of drug-likeness (QED) is 0.468. The Morgan fingerprint density at radius 2 is 1.70 bits per heavy atom. The number of sulfonamides is 1. The Morgan fingerprint density at radius 3 is 2.35 bits per heavy atom. The van der Waals surface area contributed by atoms with E-state index in [9.17, 15) is 13.2 Å². The van der Waals surface area contributed by atoms with Crippen LogP contribution >= 0.6 is 11.6 Å². The molecule has 8 nitrogen and oxygen atoms in total. The summed E-state index contributed by atoms with van der Waals surface area (Å²) < 4.78 is 42.4. The van der Waals surface area contributed by atoms with E-state index in [4.69, 9.17) is 21.1 Å². The van der Waals surface area contributed by atoms with Crippen LogP contribution in [0.15, 0.2) is 29.2 Å². The fourth-order valence-corrected chi connectivity index (χ4v) is 10.2. The van der Waals surface area contributed by atoms with Crippen molar-refractivity contribution in [3.8, 4) is 0 Å². The van der Waals surface area contributed by atoms with E-state index < -0.39 is 21.7 Å². The van der Waals surface area contributed by atoms with Crippen molar-refractivity contribution >= 4 is 27.7 Å². The standard InChI is InChI=1S/C30H42ClN3O5S/c1-20-15-24-16-23(32-13-3-2-4-14-32)17-26(20)33(24)29(35)39-30(11-12-30)28-19-38-18-27(21-5-6-21)34(28)40(36,37)25-9-7-22(31)8-10-25/h7-10,20-21,23-24,26-28H,2-6,11-19H2,1H3/t20-,23?,24?,26?,27-,28+/m0/s1. The molecule has 1 aromatic carbocycles. The molecule has 0 aromatic heterocycles. The number of nitrogens with zero attached hydrogens (tertiary/aromatic N) is 3. The fourth-order valence-electron chi connectivity index (χ4n) is 8.17. The van der Waals surface area contributed by atoms with Gasteiger partial charge in [-0.1, -0.05) is 24.9 Å². The van der Waals surface area contributed by atoms with Gasteiger partial charge in [0.25, 0.3) is 0 Å². The number of rotatable bonds is 6. The molecule has 40 heavy (non-hydrogen) atoms. The van der Waals surface area contributed by atoms with E-state index in [0.717, 1.165) is 32.1 Å². The topological polar surface area (TPSA) is 79.4 Å². The first-order valence-electron chi connectivity index (χ1n) is 15.4. The molecule has 4 aliphatic heterocycles. The summed E-state index contributed by atoms with van der Waals surface area (Å²) in [5, 5.41) is 0.497. The van der Waals surface area contributed by atoms with Gasteiger partial charge in [0.1, 0.15) is 5.60 Å². The molecular weight excluding hydrogens is 550 g/mol. The second-order valence-corrected chi connectivity index (χ2v) is 15.5. The summed E-state index contributed by atoms with van der Waals surface area (Å²) in [6, 6.07) is 6.54. The third-order valence-electron chi connectivity index (χ3n) is 10.6. The van der Waals surface area contributed by atoms with Gasteiger partial charge in [0.05, 0.1) is 30.2 Å². The van der Waals surface area contributed by atoms with Crippen molar-refractivity contribution < 1.29 is 22.7 Å². The number of fused-ring (bicyclic) bond motifs is 2. The third kappa shape index (κ3) is 4.87. The maximum absolute atomic E-state index is 14.1. The van der Waals surface area contributed by atoms with Crippen LogP contribution in [0.5, 0.6) is 0 Å². The first-order valence-corrected chi connectivity index (χ1v) is 17.2. The molecule has 3 unspecified atom stereocenters. The lowest BCUT2D eigenvalue weighted by Gasteiger charge is -2.46. The van der Waals surface area contributed by atoms with Crippen LogP contribution in [-0.2, 0) is 19.5 Å². The number of hydrogen-bond acceptors (Lipinski definition) is 6. The minimum absolute atomic E-state index is 0.185. The highest BCUT2D eigenvalue weighted by atomic mass is 35.5. The van der Waals surface area contributed by atoms with Gasteiger partial charge in [0.15, 0.2) is 0 Å². The maximum atomic E-state index is 14.1. The van der Waals surface area contributed by atoms with Crippen molar-refractivity contribution in [2.45, 2.75) is 112 Å². The molecule has 6 aliphatic rings. The second-order valence-electron chi connectivity index (χ2n) is 13.2. The number of halogens is 1. The van der Waals surface area contributed by atoms with Crippen LogP contribution in [0.3, 0.4) is 0 Å². The van der Waals surface area contributed by atoms with Crippen molar-refractivity contribution in [1.29, 1.82) is 0 Å². The number of amides is 1. The van der Waals surface area contributed by atoms with Crippen LogP contribution in [0.2, 0.25) is 5.02 Å². The van der Waals surface area contributed by atoms with Crippen LogP contribution in [0.1, 0.15) is 71.1 Å². The van der Waals surface area contributed by atoms with Gasteiger partial charge < -0.3 is 19.3 Å². The lowest BCUT2D eigenvalue weighted by atomic mass is 9.93. The minimum atomic E-state index is -3.84. The molecule has 220 valence electrons. The summed E-state index contributed by atoms with van der Waals surface area (Å²) in [5.74, 6) is 0.725. The molecule has 6 fully saturated rings. The largest absolute Gasteiger partial charge is 0.441 e. The zero-order chi connectivity index (χ0) is 27.6. The zero-order valence-electron chi connectivity index (χ0n) is 23.4. The van der Waals surface area contributed by atoms with Crippen molar-refractivity contribution in [3.63, 3.8) is 0 Å². The van der Waals surface area contributed by atoms with E-state index in [1.807, 2.05) is 4.90 Å². The molecule has 7 rings (SSSR count). The summed E-state index contributed by atoms with van der Waals surface area (Å²) in [6.45, 7) is 5.24. The average Bonchev–Trinajstić information content (AvgIpc) is 3.88. The number of likely N-dealkylation sites (tertiary alicyclic amines) is 1. The molecule has 2 aliphatic carbocycles. The highest BCUT2D eigenvalue weighted by Crippen LogP contribution is 2.51. The molecular formula is C30H42ClN3O5S. The number of hydrogen-bond donors (Lipinski definition) is 0. The van der Waals surface area contributed by atoms with Crippen molar-refractivity contribution in [2.24, 2.45) is 11.8 Å². The highest BCUT2D eigenvalue weighted by Gasteiger charge is 2.62. The molecule has 10 heteroatoms. The Bertz CT molecular complexity index is 1210. The summed E-state index contributed by atoms with van der Waals surface area (Å²) in [7, 11) is -3.84. The van der Waals surface area contributed by atoms with Crippen LogP contribution < -0.4 is 0 Å². The van der Waals surface area contributed by atoms with Gasteiger partial charge in [-0.15, -0.1) is 0 Å². The monoisotopic (exact) mass is 591 g/mol. The van der Waals surface area contributed by atoms with Gasteiger partial charge in [0.2, 0.25) is 10.0 Å². The van der Waals surface area contributed by atoms with Crippen molar-refractivity contribution in [2.75, 3.05) is 26.3 Å². The van der Waals surface area contributed by atoms with E-state index >= 15 is 0 Å². The van der Waals surface area contributed by atoms with E-state index in [1.54, 1.807) is 28.6 Å². The van der Waals surface area contributed by atoms with Gasteiger partial charge in [-0.25, -0.2) is 13.2 Å². The predicted octanol–water partition coefficient (Wildman–Crippen LogP) is 4.90. The number of carbonyl (C=O) groups excluding carboxylic acids is 1. The SMILES string of the molecule is C[C@H]1CC2CC(N3CCCCC3)CC1N2C(=O)OC1([C@H]2COC[C@@H](C3CC3)N2S(=O)(=O)c2ccc(Cl)cc2)CC1. The molecule has 1 aromatic rings. The van der Waals surface area contributed by atoms with E-state index in [0.29, 0.717) is 36.4 Å². The lowest BCUT2D eigenvalue weighted by Crippen LogP contribution is -2.62. The zero-order valence-corrected chi connectivity index (χ0v) is 25.0. The molecule has 4 heterocycles. The average molecular weight is 592 g/mol. The van der Waals surface area contributed by atoms with E-state index in [-0.39, 0.29) is 41.6 Å². The molecule has 2 saturated carbocycles. The number of morpholine rings is 1. The normalized spacial score (nSPS) is 36.4. The van der Waals surface area contributed by atoms with Crippen molar-refractivity contribution in [3.05, 3.63) is 29.3 Å². The lowest BCUT2D eigenvalue weighted by molar-refractivity contribution is -0.0799. The molecule has 0 radical (unpaired) electrons. The molecule has 0 N–H and O–H groups in total. The Kier molecular flexibility index (Phi) is 7.14. The van der Waals surface area contributed by atoms with Gasteiger partial charge in [-0.3, -0.25) is 0 Å². The molecule has 2 bridgehead atoms. The predicted molar refractivity (Wildman–Crippen MR) is 152 cm³/mol. The molecule has 1 amide bonds. The summed E-state index contributed by atoms with van der Waals surface area (Å²) in [6.07, 6.45) is 9.95. The van der Waals surface area contributed by atoms with Crippen LogP contribution in [-0.4, -0.2) is 90.7 Å². The summed E-state index contributed by atoms with van der Waals surface area (Å²) in [4.78, 5) is 18.9. The number of ether oxygens (including phenoxy) is 2. The highest BCUT2D eigenvalue weighted by molar-refractivity contribution is 7.89. The Balaban J connectivity index is 1.12. The van der Waals surface area contributed by atoms with Gasteiger partial charge in [-0.05, 0) is 107 Å². The first kappa shape index (κ1) is 27.4. The summed E-state index contributed by atoms with van der Waals surface area (Å²) in [5.41, 5.74) is -0.837. The second kappa shape index (κ2) is 10.4. The minimum Gasteiger partial charge on any atom is -0.441 e. The van der Waals surface area contributed by atoms with E-state index in [1.165, 1.54) is 32.4 Å². The fraction of sp³-hybridized carbons (Fsp3) is 0.767. The van der Waals surface area contributed by atoms with E-state index in [2.05, 4.69) is 11.8 Å².